The van der Waals surface area contributed by atoms with E-state index in [2.05, 4.69) is 5.32 Å². The standard InChI is InChI=1S/C14H18N2O2/c1-3-10(2)14(18)16-8-11-6-4-5-7-12(11)15-13(17)9-16/h4-7,10H,3,8-9H2,1-2H3,(H,15,17). The Morgan fingerprint density at radius 2 is 2.11 bits per heavy atom. The van der Waals surface area contributed by atoms with Crippen LogP contribution in [0.1, 0.15) is 25.8 Å². The first-order valence-corrected chi connectivity index (χ1v) is 6.28. The Morgan fingerprint density at radius 3 is 2.83 bits per heavy atom. The summed E-state index contributed by atoms with van der Waals surface area (Å²) in [5.41, 5.74) is 1.79. The molecule has 18 heavy (non-hydrogen) atoms. The lowest BCUT2D eigenvalue weighted by Crippen LogP contribution is -2.38. The molecule has 0 saturated carbocycles. The van der Waals surface area contributed by atoms with Crippen LogP contribution in [0.3, 0.4) is 0 Å². The van der Waals surface area contributed by atoms with Crippen LogP contribution in [0.15, 0.2) is 24.3 Å². The third kappa shape index (κ3) is 2.53. The molecule has 1 aliphatic rings. The SMILES string of the molecule is CCC(C)C(=O)N1CC(=O)Nc2ccccc2C1. The van der Waals surface area contributed by atoms with E-state index in [0.717, 1.165) is 17.7 Å². The van der Waals surface area contributed by atoms with Crippen molar-refractivity contribution in [1.82, 2.24) is 4.90 Å². The molecule has 1 unspecified atom stereocenters. The number of nitrogens with one attached hydrogen (secondary N) is 1. The first kappa shape index (κ1) is 12.6. The van der Waals surface area contributed by atoms with Crippen LogP contribution in [0.5, 0.6) is 0 Å². The highest BCUT2D eigenvalue weighted by Crippen LogP contribution is 2.21. The number of fused-ring (bicyclic) bond motifs is 1. The Balaban J connectivity index is 2.25. The largest absolute Gasteiger partial charge is 0.329 e. The zero-order valence-electron chi connectivity index (χ0n) is 10.8. The van der Waals surface area contributed by atoms with Gasteiger partial charge in [-0.2, -0.15) is 0 Å². The second-order valence-electron chi connectivity index (χ2n) is 4.71. The van der Waals surface area contributed by atoms with Crippen LogP contribution >= 0.6 is 0 Å². The number of amides is 2. The minimum atomic E-state index is -0.128. The maximum Gasteiger partial charge on any atom is 0.244 e. The molecule has 1 aromatic rings. The van der Waals surface area contributed by atoms with E-state index in [4.69, 9.17) is 0 Å². The van der Waals surface area contributed by atoms with Gasteiger partial charge in [0.15, 0.2) is 0 Å². The number of benzene rings is 1. The average Bonchev–Trinajstić information content (AvgIpc) is 2.54. The first-order valence-electron chi connectivity index (χ1n) is 6.28. The molecule has 0 aromatic heterocycles. The van der Waals surface area contributed by atoms with Crippen molar-refractivity contribution < 1.29 is 9.59 Å². The van der Waals surface area contributed by atoms with Gasteiger partial charge in [0.25, 0.3) is 0 Å². The quantitative estimate of drug-likeness (QED) is 0.867. The number of nitrogens with zero attached hydrogens (tertiary/aromatic N) is 1. The van der Waals surface area contributed by atoms with Crippen molar-refractivity contribution in [3.63, 3.8) is 0 Å². The van der Waals surface area contributed by atoms with Crippen LogP contribution in [0.2, 0.25) is 0 Å². The number of rotatable bonds is 2. The van der Waals surface area contributed by atoms with E-state index in [0.29, 0.717) is 6.54 Å². The van der Waals surface area contributed by atoms with Crippen LogP contribution in [0.25, 0.3) is 0 Å². The molecular formula is C14H18N2O2. The van der Waals surface area contributed by atoms with Gasteiger partial charge in [-0.25, -0.2) is 0 Å². The molecule has 0 spiro atoms. The number of para-hydroxylation sites is 1. The molecule has 1 heterocycles. The maximum absolute atomic E-state index is 12.2. The summed E-state index contributed by atoms with van der Waals surface area (Å²) in [6.45, 7) is 4.52. The molecule has 4 nitrogen and oxygen atoms in total. The van der Waals surface area contributed by atoms with E-state index in [9.17, 15) is 9.59 Å². The normalized spacial score (nSPS) is 16.6. The van der Waals surface area contributed by atoms with Crippen LogP contribution in [0.4, 0.5) is 5.69 Å². The van der Waals surface area contributed by atoms with Crippen LogP contribution in [-0.4, -0.2) is 23.3 Å². The van der Waals surface area contributed by atoms with Crippen molar-refractivity contribution in [1.29, 1.82) is 0 Å². The first-order chi connectivity index (χ1) is 8.61. The highest BCUT2D eigenvalue weighted by Gasteiger charge is 2.25. The van der Waals surface area contributed by atoms with Crippen molar-refractivity contribution in [2.75, 3.05) is 11.9 Å². The van der Waals surface area contributed by atoms with E-state index in [1.54, 1.807) is 4.90 Å². The van der Waals surface area contributed by atoms with Crippen molar-refractivity contribution in [2.24, 2.45) is 5.92 Å². The molecule has 1 aromatic carbocycles. The fourth-order valence-corrected chi connectivity index (χ4v) is 2.05. The highest BCUT2D eigenvalue weighted by atomic mass is 16.2. The Labute approximate surface area is 107 Å². The molecule has 4 heteroatoms. The van der Waals surface area contributed by atoms with Gasteiger partial charge < -0.3 is 10.2 Å². The van der Waals surface area contributed by atoms with Crippen molar-refractivity contribution >= 4 is 17.5 Å². The summed E-state index contributed by atoms with van der Waals surface area (Å²) in [7, 11) is 0. The maximum atomic E-state index is 12.2. The van der Waals surface area contributed by atoms with Crippen molar-refractivity contribution in [3.8, 4) is 0 Å². The van der Waals surface area contributed by atoms with Crippen molar-refractivity contribution in [2.45, 2.75) is 26.8 Å². The fraction of sp³-hybridized carbons (Fsp3) is 0.429. The van der Waals surface area contributed by atoms with Gasteiger partial charge >= 0.3 is 0 Å². The summed E-state index contributed by atoms with van der Waals surface area (Å²) in [6.07, 6.45) is 0.790. The summed E-state index contributed by atoms with van der Waals surface area (Å²) in [4.78, 5) is 25.6. The molecule has 2 amide bonds. The zero-order valence-corrected chi connectivity index (χ0v) is 10.8. The summed E-state index contributed by atoms with van der Waals surface area (Å²) in [5.74, 6) is -0.121. The minimum absolute atomic E-state index is 0.0388. The molecule has 0 fully saturated rings. The molecule has 1 aliphatic heterocycles. The van der Waals surface area contributed by atoms with Crippen molar-refractivity contribution in [3.05, 3.63) is 29.8 Å². The second kappa shape index (κ2) is 5.21. The summed E-state index contributed by atoms with van der Waals surface area (Å²) < 4.78 is 0. The van der Waals surface area contributed by atoms with Crippen LogP contribution < -0.4 is 5.32 Å². The molecule has 0 aliphatic carbocycles. The summed E-state index contributed by atoms with van der Waals surface area (Å²) in [6, 6.07) is 7.61. The minimum Gasteiger partial charge on any atom is -0.329 e. The predicted octanol–water partition coefficient (Wildman–Crippen LogP) is 2.01. The fourth-order valence-electron chi connectivity index (χ4n) is 2.05. The van der Waals surface area contributed by atoms with Gasteiger partial charge in [-0.1, -0.05) is 32.0 Å². The van der Waals surface area contributed by atoms with Crippen LogP contribution in [0, 0.1) is 5.92 Å². The molecule has 0 saturated heterocycles. The van der Waals surface area contributed by atoms with Gasteiger partial charge in [-0.05, 0) is 18.1 Å². The topological polar surface area (TPSA) is 49.4 Å². The molecule has 0 bridgehead atoms. The van der Waals surface area contributed by atoms with Crippen LogP contribution in [-0.2, 0) is 16.1 Å². The Kier molecular flexibility index (Phi) is 3.65. The third-order valence-electron chi connectivity index (χ3n) is 3.33. The van der Waals surface area contributed by atoms with E-state index in [-0.39, 0.29) is 24.3 Å². The average molecular weight is 246 g/mol. The lowest BCUT2D eigenvalue weighted by atomic mass is 10.1. The smallest absolute Gasteiger partial charge is 0.244 e. The molecule has 0 radical (unpaired) electrons. The van der Waals surface area contributed by atoms with E-state index >= 15 is 0 Å². The Hall–Kier alpha value is -1.84. The highest BCUT2D eigenvalue weighted by molar-refractivity contribution is 5.96. The number of anilines is 1. The Bertz CT molecular complexity index is 471. The lowest BCUT2D eigenvalue weighted by molar-refractivity contribution is -0.138. The van der Waals surface area contributed by atoms with Gasteiger partial charge in [0, 0.05) is 18.2 Å². The summed E-state index contributed by atoms with van der Waals surface area (Å²) in [5, 5.41) is 2.83. The lowest BCUT2D eigenvalue weighted by Gasteiger charge is -2.22. The molecule has 1 atom stereocenters. The van der Waals surface area contributed by atoms with E-state index in [1.807, 2.05) is 38.1 Å². The van der Waals surface area contributed by atoms with E-state index < -0.39 is 0 Å². The predicted molar refractivity (Wildman–Crippen MR) is 69.9 cm³/mol. The number of hydrogen-bond acceptors (Lipinski definition) is 2. The third-order valence-corrected chi connectivity index (χ3v) is 3.33. The molecule has 96 valence electrons. The van der Waals surface area contributed by atoms with Gasteiger partial charge in [-0.15, -0.1) is 0 Å². The number of hydrogen-bond donors (Lipinski definition) is 1. The Morgan fingerprint density at radius 1 is 1.39 bits per heavy atom. The van der Waals surface area contributed by atoms with Gasteiger partial charge in [0.2, 0.25) is 11.8 Å². The second-order valence-corrected chi connectivity index (χ2v) is 4.71. The molecule has 2 rings (SSSR count). The number of carbonyl (C=O) groups is 2. The summed E-state index contributed by atoms with van der Waals surface area (Å²) >= 11 is 0. The van der Waals surface area contributed by atoms with Gasteiger partial charge in [0.05, 0.1) is 0 Å². The number of carbonyl (C=O) groups excluding carboxylic acids is 2. The monoisotopic (exact) mass is 246 g/mol. The zero-order chi connectivity index (χ0) is 13.1. The molecular weight excluding hydrogens is 228 g/mol. The van der Waals surface area contributed by atoms with Gasteiger partial charge in [0.1, 0.15) is 6.54 Å². The van der Waals surface area contributed by atoms with E-state index in [1.165, 1.54) is 0 Å². The van der Waals surface area contributed by atoms with Gasteiger partial charge in [-0.3, -0.25) is 9.59 Å². The molecule has 1 N–H and O–H groups in total.